The first-order valence-corrected chi connectivity index (χ1v) is 3.08. The van der Waals surface area contributed by atoms with E-state index < -0.39 is 0 Å². The van der Waals surface area contributed by atoms with Crippen molar-refractivity contribution in [1.29, 1.82) is 0 Å². The molecule has 0 radical (unpaired) electrons. The molecule has 0 atom stereocenters. The summed E-state index contributed by atoms with van der Waals surface area (Å²) in [6, 6.07) is 0. The van der Waals surface area contributed by atoms with Gasteiger partial charge in [-0.05, 0) is 12.2 Å². The molecule has 0 bridgehead atoms. The Morgan fingerprint density at radius 3 is 2.90 bits per heavy atom. The van der Waals surface area contributed by atoms with Gasteiger partial charge in [0.1, 0.15) is 5.69 Å². The number of anilines is 1. The molecule has 0 saturated carbocycles. The molecule has 1 aromatic rings. The summed E-state index contributed by atoms with van der Waals surface area (Å²) in [5, 5.41) is 0. The van der Waals surface area contributed by atoms with Crippen LogP contribution < -0.4 is 11.3 Å². The molecule has 0 aliphatic carbocycles. The highest BCUT2D eigenvalue weighted by Gasteiger charge is 1.94. The SMILES string of the molecule is Cn1c(=S)[nH]cc(N)c1=O. The number of hydrogen-bond acceptors (Lipinski definition) is 3. The van der Waals surface area contributed by atoms with Gasteiger partial charge >= 0.3 is 0 Å². The van der Waals surface area contributed by atoms with E-state index in [1.54, 1.807) is 7.05 Å². The average molecular weight is 157 g/mol. The van der Waals surface area contributed by atoms with Crippen molar-refractivity contribution in [2.24, 2.45) is 7.05 Å². The molecule has 0 fully saturated rings. The number of rotatable bonds is 0. The molecular weight excluding hydrogens is 150 g/mol. The van der Waals surface area contributed by atoms with Crippen LogP contribution in [0.4, 0.5) is 5.69 Å². The van der Waals surface area contributed by atoms with Gasteiger partial charge in [-0.2, -0.15) is 0 Å². The van der Waals surface area contributed by atoms with Gasteiger partial charge in [-0.15, -0.1) is 0 Å². The van der Waals surface area contributed by atoms with Crippen molar-refractivity contribution in [2.45, 2.75) is 0 Å². The molecule has 0 aliphatic rings. The zero-order chi connectivity index (χ0) is 7.72. The lowest BCUT2D eigenvalue weighted by Gasteiger charge is -1.96. The van der Waals surface area contributed by atoms with Gasteiger partial charge in [-0.1, -0.05) is 0 Å². The third-order valence-electron chi connectivity index (χ3n) is 1.21. The lowest BCUT2D eigenvalue weighted by atomic mass is 10.5. The monoisotopic (exact) mass is 157 g/mol. The van der Waals surface area contributed by atoms with E-state index in [1.165, 1.54) is 10.8 Å². The first-order chi connectivity index (χ1) is 4.63. The van der Waals surface area contributed by atoms with Crippen molar-refractivity contribution in [3.8, 4) is 0 Å². The maximum Gasteiger partial charge on any atom is 0.277 e. The van der Waals surface area contributed by atoms with Gasteiger partial charge in [-0.25, -0.2) is 0 Å². The highest BCUT2D eigenvalue weighted by atomic mass is 32.1. The van der Waals surface area contributed by atoms with E-state index in [1.807, 2.05) is 0 Å². The molecule has 0 amide bonds. The van der Waals surface area contributed by atoms with Gasteiger partial charge in [-0.3, -0.25) is 9.36 Å². The molecule has 54 valence electrons. The van der Waals surface area contributed by atoms with Crippen LogP contribution in [0.1, 0.15) is 0 Å². The van der Waals surface area contributed by atoms with Gasteiger partial charge in [0.2, 0.25) is 0 Å². The Morgan fingerprint density at radius 2 is 2.40 bits per heavy atom. The second-order valence-electron chi connectivity index (χ2n) is 1.91. The summed E-state index contributed by atoms with van der Waals surface area (Å²) in [5.41, 5.74) is 5.20. The maximum absolute atomic E-state index is 10.9. The number of nitrogens with one attached hydrogen (secondary N) is 1. The van der Waals surface area contributed by atoms with Crippen LogP contribution in [0.15, 0.2) is 11.0 Å². The second-order valence-corrected chi connectivity index (χ2v) is 2.30. The normalized spacial score (nSPS) is 9.70. The first-order valence-electron chi connectivity index (χ1n) is 2.67. The van der Waals surface area contributed by atoms with E-state index in [0.717, 1.165) is 0 Å². The maximum atomic E-state index is 10.9. The third kappa shape index (κ3) is 0.950. The lowest BCUT2D eigenvalue weighted by molar-refractivity contribution is 0.810. The topological polar surface area (TPSA) is 63.8 Å². The quantitative estimate of drug-likeness (QED) is 0.522. The summed E-state index contributed by atoms with van der Waals surface area (Å²) in [6.45, 7) is 0. The molecule has 1 rings (SSSR count). The van der Waals surface area contributed by atoms with E-state index in [4.69, 9.17) is 18.0 Å². The fraction of sp³-hybridized carbons (Fsp3) is 0.200. The van der Waals surface area contributed by atoms with Gasteiger partial charge in [0.25, 0.3) is 5.56 Å². The standard InChI is InChI=1S/C5H7N3OS/c1-8-4(9)3(6)2-7-5(8)10/h2H,6H2,1H3,(H,7,10). The smallest absolute Gasteiger partial charge is 0.277 e. The highest BCUT2D eigenvalue weighted by Crippen LogP contribution is 1.86. The van der Waals surface area contributed by atoms with Gasteiger partial charge < -0.3 is 10.7 Å². The average Bonchev–Trinajstić information content (AvgIpc) is 1.93. The van der Waals surface area contributed by atoms with Crippen molar-refractivity contribution in [1.82, 2.24) is 9.55 Å². The van der Waals surface area contributed by atoms with Crippen molar-refractivity contribution >= 4 is 17.9 Å². The molecule has 3 N–H and O–H groups in total. The fourth-order valence-corrected chi connectivity index (χ4v) is 0.726. The van der Waals surface area contributed by atoms with Crippen molar-refractivity contribution < 1.29 is 0 Å². The number of hydrogen-bond donors (Lipinski definition) is 2. The number of aromatic amines is 1. The van der Waals surface area contributed by atoms with Crippen molar-refractivity contribution in [3.63, 3.8) is 0 Å². The van der Waals surface area contributed by atoms with E-state index in [0.29, 0.717) is 4.77 Å². The zero-order valence-electron chi connectivity index (χ0n) is 5.42. The first kappa shape index (κ1) is 7.01. The van der Waals surface area contributed by atoms with Gasteiger partial charge in [0.15, 0.2) is 4.77 Å². The Bertz CT molecular complexity index is 351. The fourth-order valence-electron chi connectivity index (χ4n) is 0.584. The Kier molecular flexibility index (Phi) is 1.58. The predicted octanol–water partition coefficient (Wildman–Crippen LogP) is 0.0251. The molecule has 0 aromatic carbocycles. The molecule has 0 aliphatic heterocycles. The van der Waals surface area contributed by atoms with Crippen LogP contribution in [-0.2, 0) is 7.05 Å². The number of nitrogens with two attached hydrogens (primary N) is 1. The Labute approximate surface area is 62.3 Å². The molecule has 1 aromatic heterocycles. The van der Waals surface area contributed by atoms with E-state index in [2.05, 4.69) is 4.98 Å². The summed E-state index contributed by atoms with van der Waals surface area (Å²) in [7, 11) is 1.57. The molecule has 0 saturated heterocycles. The number of nitrogen functional groups attached to an aromatic ring is 1. The summed E-state index contributed by atoms with van der Waals surface area (Å²) in [5.74, 6) is 0. The Balaban J connectivity index is 3.66. The summed E-state index contributed by atoms with van der Waals surface area (Å²) in [4.78, 5) is 13.6. The van der Waals surface area contributed by atoms with Crippen LogP contribution in [0.3, 0.4) is 0 Å². The third-order valence-corrected chi connectivity index (χ3v) is 1.60. The Morgan fingerprint density at radius 1 is 1.80 bits per heavy atom. The number of H-pyrrole nitrogens is 1. The van der Waals surface area contributed by atoms with E-state index >= 15 is 0 Å². The van der Waals surface area contributed by atoms with Gasteiger partial charge in [0.05, 0.1) is 0 Å². The molecule has 1 heterocycles. The summed E-state index contributed by atoms with van der Waals surface area (Å²) >= 11 is 4.75. The summed E-state index contributed by atoms with van der Waals surface area (Å²) < 4.78 is 1.66. The molecule has 10 heavy (non-hydrogen) atoms. The van der Waals surface area contributed by atoms with Crippen molar-refractivity contribution in [2.75, 3.05) is 5.73 Å². The molecule has 4 nitrogen and oxygen atoms in total. The molecule has 0 spiro atoms. The second kappa shape index (κ2) is 2.26. The number of nitrogens with zero attached hydrogens (tertiary/aromatic N) is 1. The minimum atomic E-state index is -0.260. The lowest BCUT2D eigenvalue weighted by Crippen LogP contribution is -2.21. The zero-order valence-corrected chi connectivity index (χ0v) is 6.23. The predicted molar refractivity (Wildman–Crippen MR) is 41.3 cm³/mol. The van der Waals surface area contributed by atoms with Gasteiger partial charge in [0, 0.05) is 13.2 Å². The Hall–Kier alpha value is -1.10. The van der Waals surface area contributed by atoms with Crippen molar-refractivity contribution in [3.05, 3.63) is 21.3 Å². The van der Waals surface area contributed by atoms with Crippen LogP contribution in [0.2, 0.25) is 0 Å². The van der Waals surface area contributed by atoms with Crippen LogP contribution in [-0.4, -0.2) is 9.55 Å². The van der Waals surface area contributed by atoms with Crippen LogP contribution in [0.5, 0.6) is 0 Å². The minimum Gasteiger partial charge on any atom is -0.393 e. The van der Waals surface area contributed by atoms with Crippen LogP contribution in [0, 0.1) is 4.77 Å². The summed E-state index contributed by atoms with van der Waals surface area (Å²) in [6.07, 6.45) is 1.39. The van der Waals surface area contributed by atoms with E-state index in [-0.39, 0.29) is 11.2 Å². The largest absolute Gasteiger partial charge is 0.393 e. The minimum absolute atomic E-state index is 0.177. The van der Waals surface area contributed by atoms with E-state index in [9.17, 15) is 4.79 Å². The van der Waals surface area contributed by atoms with Crippen LogP contribution in [0.25, 0.3) is 0 Å². The highest BCUT2D eigenvalue weighted by molar-refractivity contribution is 7.71. The van der Waals surface area contributed by atoms with Crippen LogP contribution >= 0.6 is 12.2 Å². The molecule has 5 heteroatoms. The molecule has 0 unspecified atom stereocenters. The number of aromatic nitrogens is 2. The molecular formula is C5H7N3OS.